The SMILES string of the molecule is COc1cccc(C(=O)Nc2ccc(C=O)cc2)c1O. The first-order chi connectivity index (χ1) is 9.65. The maximum absolute atomic E-state index is 12.1. The predicted octanol–water partition coefficient (Wildman–Crippen LogP) is 2.47. The number of amides is 1. The Morgan fingerprint density at radius 1 is 1.20 bits per heavy atom. The second-order valence-corrected chi connectivity index (χ2v) is 4.05. The molecule has 2 rings (SSSR count). The molecule has 0 heterocycles. The fourth-order valence-electron chi connectivity index (χ4n) is 1.71. The minimum absolute atomic E-state index is 0.115. The number of aromatic hydroxyl groups is 1. The molecule has 0 aliphatic heterocycles. The summed E-state index contributed by atoms with van der Waals surface area (Å²) in [6.07, 6.45) is 0.722. The topological polar surface area (TPSA) is 75.6 Å². The highest BCUT2D eigenvalue weighted by molar-refractivity contribution is 6.06. The Bertz CT molecular complexity index is 635. The van der Waals surface area contributed by atoms with Gasteiger partial charge in [-0.2, -0.15) is 0 Å². The summed E-state index contributed by atoms with van der Waals surface area (Å²) in [6, 6.07) is 11.1. The first kappa shape index (κ1) is 13.6. The Morgan fingerprint density at radius 2 is 1.90 bits per heavy atom. The van der Waals surface area contributed by atoms with Gasteiger partial charge >= 0.3 is 0 Å². The third-order valence-corrected chi connectivity index (χ3v) is 2.77. The van der Waals surface area contributed by atoms with Crippen LogP contribution in [-0.4, -0.2) is 24.4 Å². The van der Waals surface area contributed by atoms with E-state index in [-0.39, 0.29) is 17.1 Å². The van der Waals surface area contributed by atoms with Gasteiger partial charge in [0.25, 0.3) is 5.91 Å². The fraction of sp³-hybridized carbons (Fsp3) is 0.0667. The predicted molar refractivity (Wildman–Crippen MR) is 74.4 cm³/mol. The molecule has 1 amide bonds. The smallest absolute Gasteiger partial charge is 0.259 e. The van der Waals surface area contributed by atoms with Gasteiger partial charge in [-0.3, -0.25) is 9.59 Å². The molecule has 20 heavy (non-hydrogen) atoms. The number of methoxy groups -OCH3 is 1. The van der Waals surface area contributed by atoms with Crippen LogP contribution >= 0.6 is 0 Å². The Kier molecular flexibility index (Phi) is 4.00. The average molecular weight is 271 g/mol. The van der Waals surface area contributed by atoms with Crippen molar-refractivity contribution in [2.24, 2.45) is 0 Å². The Morgan fingerprint density at radius 3 is 2.50 bits per heavy atom. The average Bonchev–Trinajstić information content (AvgIpc) is 2.48. The molecule has 2 N–H and O–H groups in total. The molecule has 102 valence electrons. The number of phenolic OH excluding ortho intramolecular Hbond substituents is 1. The van der Waals surface area contributed by atoms with Gasteiger partial charge in [-0.15, -0.1) is 0 Å². The zero-order valence-corrected chi connectivity index (χ0v) is 10.8. The highest BCUT2D eigenvalue weighted by Crippen LogP contribution is 2.29. The fourth-order valence-corrected chi connectivity index (χ4v) is 1.71. The summed E-state index contributed by atoms with van der Waals surface area (Å²) in [4.78, 5) is 22.6. The van der Waals surface area contributed by atoms with Crippen LogP contribution in [0.2, 0.25) is 0 Å². The lowest BCUT2D eigenvalue weighted by Crippen LogP contribution is -2.12. The lowest BCUT2D eigenvalue weighted by Gasteiger charge is -2.09. The normalized spacial score (nSPS) is 9.85. The van der Waals surface area contributed by atoms with E-state index in [0.29, 0.717) is 11.3 Å². The molecule has 0 aromatic heterocycles. The highest BCUT2D eigenvalue weighted by Gasteiger charge is 2.14. The minimum Gasteiger partial charge on any atom is -0.504 e. The van der Waals surface area contributed by atoms with Crippen molar-refractivity contribution in [2.75, 3.05) is 12.4 Å². The number of para-hydroxylation sites is 1. The number of nitrogens with one attached hydrogen (secondary N) is 1. The van der Waals surface area contributed by atoms with Crippen molar-refractivity contribution in [3.63, 3.8) is 0 Å². The van der Waals surface area contributed by atoms with Crippen molar-refractivity contribution >= 4 is 17.9 Å². The van der Waals surface area contributed by atoms with Crippen LogP contribution in [0.4, 0.5) is 5.69 Å². The summed E-state index contributed by atoms with van der Waals surface area (Å²) < 4.78 is 4.95. The van der Waals surface area contributed by atoms with E-state index in [4.69, 9.17) is 4.74 Å². The number of hydrogen-bond acceptors (Lipinski definition) is 4. The van der Waals surface area contributed by atoms with Gasteiger partial charge < -0.3 is 15.2 Å². The summed E-state index contributed by atoms with van der Waals surface area (Å²) in [5.41, 5.74) is 1.17. The summed E-state index contributed by atoms with van der Waals surface area (Å²) in [7, 11) is 1.41. The first-order valence-corrected chi connectivity index (χ1v) is 5.88. The van der Waals surface area contributed by atoms with Crippen molar-refractivity contribution in [1.82, 2.24) is 0 Å². The van der Waals surface area contributed by atoms with E-state index in [2.05, 4.69) is 5.32 Å². The highest BCUT2D eigenvalue weighted by atomic mass is 16.5. The molecule has 0 atom stereocenters. The molecule has 2 aromatic carbocycles. The van der Waals surface area contributed by atoms with Crippen molar-refractivity contribution < 1.29 is 19.4 Å². The number of benzene rings is 2. The van der Waals surface area contributed by atoms with E-state index in [0.717, 1.165) is 6.29 Å². The number of aldehydes is 1. The molecule has 0 spiro atoms. The molecule has 0 aliphatic rings. The van der Waals surface area contributed by atoms with Gasteiger partial charge in [-0.05, 0) is 36.4 Å². The van der Waals surface area contributed by atoms with E-state index in [1.807, 2.05) is 0 Å². The first-order valence-electron chi connectivity index (χ1n) is 5.88. The maximum atomic E-state index is 12.1. The number of carbonyl (C=O) groups excluding carboxylic acids is 2. The number of carbonyl (C=O) groups is 2. The Labute approximate surface area is 115 Å². The molecule has 0 fully saturated rings. The van der Waals surface area contributed by atoms with Crippen LogP contribution in [0.1, 0.15) is 20.7 Å². The van der Waals surface area contributed by atoms with E-state index in [1.54, 1.807) is 36.4 Å². The standard InChI is InChI=1S/C15H13NO4/c1-20-13-4-2-3-12(14(13)18)15(19)16-11-7-5-10(9-17)6-8-11/h2-9,18H,1H3,(H,16,19). The summed E-state index contributed by atoms with van der Waals surface area (Å²) in [5, 5.41) is 12.5. The number of phenols is 1. The number of anilines is 1. The van der Waals surface area contributed by atoms with Crippen molar-refractivity contribution in [2.45, 2.75) is 0 Å². The van der Waals surface area contributed by atoms with Gasteiger partial charge in [0.15, 0.2) is 11.5 Å². The zero-order valence-electron chi connectivity index (χ0n) is 10.8. The Hall–Kier alpha value is -2.82. The van der Waals surface area contributed by atoms with E-state index in [9.17, 15) is 14.7 Å². The van der Waals surface area contributed by atoms with Crippen LogP contribution < -0.4 is 10.1 Å². The quantitative estimate of drug-likeness (QED) is 0.837. The second-order valence-electron chi connectivity index (χ2n) is 4.05. The molecule has 0 saturated heterocycles. The van der Waals surface area contributed by atoms with E-state index >= 15 is 0 Å². The Balaban J connectivity index is 2.21. The van der Waals surface area contributed by atoms with Crippen LogP contribution in [-0.2, 0) is 0 Å². The van der Waals surface area contributed by atoms with Crippen LogP contribution in [0.25, 0.3) is 0 Å². The van der Waals surface area contributed by atoms with Crippen molar-refractivity contribution in [3.05, 3.63) is 53.6 Å². The number of hydrogen-bond donors (Lipinski definition) is 2. The van der Waals surface area contributed by atoms with Crippen LogP contribution in [0.3, 0.4) is 0 Å². The zero-order chi connectivity index (χ0) is 14.5. The summed E-state index contributed by atoms with van der Waals surface area (Å²) in [5.74, 6) is -0.439. The lowest BCUT2D eigenvalue weighted by molar-refractivity contribution is 0.102. The van der Waals surface area contributed by atoms with Gasteiger partial charge in [0, 0.05) is 11.3 Å². The monoisotopic (exact) mass is 271 g/mol. The molecular formula is C15H13NO4. The van der Waals surface area contributed by atoms with Gasteiger partial charge in [0.2, 0.25) is 0 Å². The van der Waals surface area contributed by atoms with Crippen LogP contribution in [0, 0.1) is 0 Å². The van der Waals surface area contributed by atoms with E-state index < -0.39 is 5.91 Å². The molecule has 0 bridgehead atoms. The largest absolute Gasteiger partial charge is 0.504 e. The second kappa shape index (κ2) is 5.88. The lowest BCUT2D eigenvalue weighted by atomic mass is 10.1. The number of rotatable bonds is 4. The summed E-state index contributed by atoms with van der Waals surface area (Å²) in [6.45, 7) is 0. The molecule has 5 nitrogen and oxygen atoms in total. The van der Waals surface area contributed by atoms with Gasteiger partial charge in [0.1, 0.15) is 6.29 Å². The molecular weight excluding hydrogens is 258 g/mol. The maximum Gasteiger partial charge on any atom is 0.259 e. The van der Waals surface area contributed by atoms with E-state index in [1.165, 1.54) is 13.2 Å². The van der Waals surface area contributed by atoms with Gasteiger partial charge in [-0.1, -0.05) is 6.07 Å². The third-order valence-electron chi connectivity index (χ3n) is 2.77. The van der Waals surface area contributed by atoms with Crippen LogP contribution in [0.15, 0.2) is 42.5 Å². The van der Waals surface area contributed by atoms with Gasteiger partial charge in [0.05, 0.1) is 12.7 Å². The summed E-state index contributed by atoms with van der Waals surface area (Å²) >= 11 is 0. The number of ether oxygens (including phenoxy) is 1. The molecule has 2 aromatic rings. The third kappa shape index (κ3) is 2.77. The molecule has 0 saturated carbocycles. The molecule has 0 aliphatic carbocycles. The van der Waals surface area contributed by atoms with Crippen LogP contribution in [0.5, 0.6) is 11.5 Å². The van der Waals surface area contributed by atoms with Gasteiger partial charge in [-0.25, -0.2) is 0 Å². The molecule has 5 heteroatoms. The van der Waals surface area contributed by atoms with Crippen molar-refractivity contribution in [3.8, 4) is 11.5 Å². The van der Waals surface area contributed by atoms with Crippen molar-refractivity contribution in [1.29, 1.82) is 0 Å². The molecule has 0 radical (unpaired) electrons. The molecule has 0 unspecified atom stereocenters. The minimum atomic E-state index is -0.458.